The van der Waals surface area contributed by atoms with Gasteiger partial charge in [-0.15, -0.1) is 23.7 Å². The highest BCUT2D eigenvalue weighted by Crippen LogP contribution is 2.36. The van der Waals surface area contributed by atoms with Crippen LogP contribution in [0, 0.1) is 0 Å². The molecule has 1 atom stereocenters. The van der Waals surface area contributed by atoms with Gasteiger partial charge in [-0.1, -0.05) is 54.6 Å². The molecule has 0 saturated carbocycles. The molecule has 2 aromatic heterocycles. The first-order valence-corrected chi connectivity index (χ1v) is 9.96. The second kappa shape index (κ2) is 9.67. The SMILES string of the molecule is Cl.N[C@@H](Cc1ccc(-c2csc3c(OCc4ccccc4)ncnc23)cc1)C(=O)O. The zero-order valence-electron chi connectivity index (χ0n) is 15.9. The van der Waals surface area contributed by atoms with Crippen LogP contribution in [0.2, 0.25) is 0 Å². The molecule has 30 heavy (non-hydrogen) atoms. The minimum Gasteiger partial charge on any atom is -0.480 e. The number of carboxylic acid groups (broad SMARTS) is 1. The van der Waals surface area contributed by atoms with Gasteiger partial charge in [0.05, 0.1) is 5.52 Å². The van der Waals surface area contributed by atoms with E-state index in [-0.39, 0.29) is 12.4 Å². The fourth-order valence-corrected chi connectivity index (χ4v) is 3.99. The Morgan fingerprint density at radius 3 is 2.50 bits per heavy atom. The van der Waals surface area contributed by atoms with E-state index in [2.05, 4.69) is 9.97 Å². The molecule has 0 fully saturated rings. The third-order valence-electron chi connectivity index (χ3n) is 4.58. The topological polar surface area (TPSA) is 98.3 Å². The highest BCUT2D eigenvalue weighted by Gasteiger charge is 2.15. The van der Waals surface area contributed by atoms with Gasteiger partial charge in [-0.3, -0.25) is 4.79 Å². The Hall–Kier alpha value is -3.00. The van der Waals surface area contributed by atoms with Gasteiger partial charge in [-0.2, -0.15) is 0 Å². The number of ether oxygens (including phenoxy) is 1. The molecule has 3 N–H and O–H groups in total. The zero-order chi connectivity index (χ0) is 20.2. The number of benzene rings is 2. The van der Waals surface area contributed by atoms with Crippen LogP contribution in [-0.2, 0) is 17.8 Å². The lowest BCUT2D eigenvalue weighted by Crippen LogP contribution is -2.32. The summed E-state index contributed by atoms with van der Waals surface area (Å²) >= 11 is 1.54. The number of aromatic nitrogens is 2. The van der Waals surface area contributed by atoms with Gasteiger partial charge in [0.1, 0.15) is 23.7 Å². The first-order valence-electron chi connectivity index (χ1n) is 9.08. The summed E-state index contributed by atoms with van der Waals surface area (Å²) in [5.41, 5.74) is 10.4. The molecule has 0 spiro atoms. The van der Waals surface area contributed by atoms with Crippen molar-refractivity contribution in [3.63, 3.8) is 0 Å². The van der Waals surface area contributed by atoms with Crippen molar-refractivity contribution in [1.82, 2.24) is 9.97 Å². The van der Waals surface area contributed by atoms with Crippen molar-refractivity contribution in [2.45, 2.75) is 19.1 Å². The monoisotopic (exact) mass is 441 g/mol. The average molecular weight is 442 g/mol. The fraction of sp³-hybridized carbons (Fsp3) is 0.136. The van der Waals surface area contributed by atoms with Gasteiger partial charge >= 0.3 is 5.97 Å². The molecule has 8 heteroatoms. The van der Waals surface area contributed by atoms with Crippen LogP contribution in [0.4, 0.5) is 0 Å². The summed E-state index contributed by atoms with van der Waals surface area (Å²) in [5.74, 6) is -0.434. The number of halogens is 1. The summed E-state index contributed by atoms with van der Waals surface area (Å²) in [6.07, 6.45) is 1.80. The first-order chi connectivity index (χ1) is 14.1. The Bertz CT molecular complexity index is 1130. The molecule has 0 saturated heterocycles. The molecule has 0 aliphatic carbocycles. The molecule has 4 rings (SSSR count). The Balaban J connectivity index is 0.00000256. The van der Waals surface area contributed by atoms with Gasteiger partial charge < -0.3 is 15.6 Å². The van der Waals surface area contributed by atoms with E-state index in [0.29, 0.717) is 18.9 Å². The average Bonchev–Trinajstić information content (AvgIpc) is 3.18. The Kier molecular flexibility index (Phi) is 6.99. The van der Waals surface area contributed by atoms with Crippen LogP contribution in [0.25, 0.3) is 21.3 Å². The standard InChI is InChI=1S/C22H19N3O3S.ClH/c23-18(22(26)27)10-14-6-8-16(9-7-14)17-12-29-20-19(17)24-13-25-21(20)28-11-15-4-2-1-3-5-15;/h1-9,12-13,18H,10-11,23H2,(H,26,27);1H/t18-;/m0./s1. The molecule has 0 bridgehead atoms. The van der Waals surface area contributed by atoms with Crippen molar-refractivity contribution in [1.29, 1.82) is 0 Å². The number of thiophene rings is 1. The molecule has 154 valence electrons. The summed E-state index contributed by atoms with van der Waals surface area (Å²) in [6, 6.07) is 16.8. The second-order valence-corrected chi connectivity index (χ2v) is 7.51. The normalized spacial score (nSPS) is 11.6. The molecule has 0 unspecified atom stereocenters. The Labute approximate surface area is 183 Å². The second-order valence-electron chi connectivity index (χ2n) is 6.63. The predicted octanol–water partition coefficient (Wildman–Crippen LogP) is 4.31. The van der Waals surface area contributed by atoms with Crippen molar-refractivity contribution in [3.8, 4) is 17.0 Å². The fourth-order valence-electron chi connectivity index (χ4n) is 3.02. The number of nitrogens with zero attached hydrogens (tertiary/aromatic N) is 2. The van der Waals surface area contributed by atoms with Crippen LogP contribution in [0.5, 0.6) is 5.88 Å². The molecular weight excluding hydrogens is 422 g/mol. The number of rotatable bonds is 7. The molecule has 2 aromatic carbocycles. The number of hydrogen-bond donors (Lipinski definition) is 2. The lowest BCUT2D eigenvalue weighted by molar-refractivity contribution is -0.138. The van der Waals surface area contributed by atoms with Crippen LogP contribution in [0.3, 0.4) is 0 Å². The summed E-state index contributed by atoms with van der Waals surface area (Å²) < 4.78 is 6.83. The number of hydrogen-bond acceptors (Lipinski definition) is 6. The van der Waals surface area contributed by atoms with Crippen LogP contribution in [0.1, 0.15) is 11.1 Å². The number of nitrogens with two attached hydrogens (primary N) is 1. The smallest absolute Gasteiger partial charge is 0.320 e. The van der Waals surface area contributed by atoms with Crippen LogP contribution in [-0.4, -0.2) is 27.1 Å². The van der Waals surface area contributed by atoms with E-state index in [4.69, 9.17) is 15.6 Å². The molecule has 6 nitrogen and oxygen atoms in total. The number of aliphatic carboxylic acids is 1. The largest absolute Gasteiger partial charge is 0.480 e. The van der Waals surface area contributed by atoms with E-state index in [0.717, 1.165) is 32.5 Å². The molecule has 0 aliphatic heterocycles. The van der Waals surface area contributed by atoms with Gasteiger partial charge in [-0.05, 0) is 23.1 Å². The van der Waals surface area contributed by atoms with E-state index in [1.54, 1.807) is 11.3 Å². The van der Waals surface area contributed by atoms with Crippen molar-refractivity contribution in [2.24, 2.45) is 5.73 Å². The number of carbonyl (C=O) groups is 1. The summed E-state index contributed by atoms with van der Waals surface area (Å²) in [5, 5.41) is 11.0. The van der Waals surface area contributed by atoms with E-state index >= 15 is 0 Å². The van der Waals surface area contributed by atoms with E-state index in [9.17, 15) is 4.79 Å². The molecule has 4 aromatic rings. The van der Waals surface area contributed by atoms with Crippen molar-refractivity contribution >= 4 is 39.9 Å². The van der Waals surface area contributed by atoms with Gasteiger partial charge in [0.25, 0.3) is 0 Å². The van der Waals surface area contributed by atoms with Crippen molar-refractivity contribution in [2.75, 3.05) is 0 Å². The maximum atomic E-state index is 10.9. The zero-order valence-corrected chi connectivity index (χ0v) is 17.5. The molecule has 0 radical (unpaired) electrons. The Morgan fingerprint density at radius 2 is 1.80 bits per heavy atom. The Morgan fingerprint density at radius 1 is 1.07 bits per heavy atom. The lowest BCUT2D eigenvalue weighted by atomic mass is 10.0. The molecule has 2 heterocycles. The van der Waals surface area contributed by atoms with Gasteiger partial charge in [0.15, 0.2) is 0 Å². The van der Waals surface area contributed by atoms with Crippen LogP contribution in [0.15, 0.2) is 66.3 Å². The van der Waals surface area contributed by atoms with Crippen molar-refractivity contribution in [3.05, 3.63) is 77.4 Å². The first kappa shape index (κ1) is 21.7. The highest BCUT2D eigenvalue weighted by atomic mass is 35.5. The summed E-state index contributed by atoms with van der Waals surface area (Å²) in [6.45, 7) is 0.443. The van der Waals surface area contributed by atoms with Crippen LogP contribution >= 0.6 is 23.7 Å². The van der Waals surface area contributed by atoms with E-state index in [1.165, 1.54) is 6.33 Å². The quantitative estimate of drug-likeness (QED) is 0.443. The summed E-state index contributed by atoms with van der Waals surface area (Å²) in [7, 11) is 0. The minimum atomic E-state index is -1.00. The molecular formula is C22H20ClN3O3S. The molecule has 0 amide bonds. The minimum absolute atomic E-state index is 0. The third kappa shape index (κ3) is 4.76. The maximum Gasteiger partial charge on any atom is 0.320 e. The van der Waals surface area contributed by atoms with Crippen molar-refractivity contribution < 1.29 is 14.6 Å². The van der Waals surface area contributed by atoms with Gasteiger partial charge in [-0.25, -0.2) is 9.97 Å². The number of fused-ring (bicyclic) bond motifs is 1. The van der Waals surface area contributed by atoms with Crippen LogP contribution < -0.4 is 10.5 Å². The predicted molar refractivity (Wildman–Crippen MR) is 120 cm³/mol. The maximum absolute atomic E-state index is 10.9. The van der Waals surface area contributed by atoms with E-state index < -0.39 is 12.0 Å². The highest BCUT2D eigenvalue weighted by molar-refractivity contribution is 7.18. The van der Waals surface area contributed by atoms with Gasteiger partial charge in [0, 0.05) is 10.9 Å². The lowest BCUT2D eigenvalue weighted by Gasteiger charge is -2.08. The van der Waals surface area contributed by atoms with E-state index in [1.807, 2.05) is 60.0 Å². The molecule has 0 aliphatic rings. The number of carboxylic acids is 1. The summed E-state index contributed by atoms with van der Waals surface area (Å²) in [4.78, 5) is 19.7. The third-order valence-corrected chi connectivity index (χ3v) is 5.53. The van der Waals surface area contributed by atoms with Gasteiger partial charge in [0.2, 0.25) is 5.88 Å².